The first-order chi connectivity index (χ1) is 10.2. The fourth-order valence-corrected chi connectivity index (χ4v) is 2.22. The molecule has 21 heavy (non-hydrogen) atoms. The monoisotopic (exact) mass is 282 g/mol. The van der Waals surface area contributed by atoms with Crippen LogP contribution in [0.3, 0.4) is 0 Å². The Hall–Kier alpha value is -2.40. The molecule has 0 amide bonds. The number of benzene rings is 1. The molecular weight excluding hydrogens is 264 g/mol. The van der Waals surface area contributed by atoms with Crippen LogP contribution in [0, 0.1) is 0 Å². The van der Waals surface area contributed by atoms with Gasteiger partial charge in [0.25, 0.3) is 0 Å². The predicted octanol–water partition coefficient (Wildman–Crippen LogP) is 3.26. The SMILES string of the molecule is CC(C)n1cc(Oc2cc(CN)c3ccccc3n2)cn1. The van der Waals surface area contributed by atoms with Gasteiger partial charge in [0.15, 0.2) is 5.75 Å². The zero-order chi connectivity index (χ0) is 14.8. The molecule has 2 aromatic heterocycles. The van der Waals surface area contributed by atoms with Crippen molar-refractivity contribution in [3.63, 3.8) is 0 Å². The minimum atomic E-state index is 0.298. The summed E-state index contributed by atoms with van der Waals surface area (Å²) in [5, 5.41) is 5.32. The van der Waals surface area contributed by atoms with E-state index in [9.17, 15) is 0 Å². The molecular formula is C16H18N4O. The van der Waals surface area contributed by atoms with Crippen LogP contribution in [0.25, 0.3) is 10.9 Å². The van der Waals surface area contributed by atoms with Gasteiger partial charge in [-0.15, -0.1) is 0 Å². The van der Waals surface area contributed by atoms with Crippen molar-refractivity contribution in [1.29, 1.82) is 0 Å². The molecule has 1 aromatic carbocycles. The lowest BCUT2D eigenvalue weighted by Gasteiger charge is -2.08. The van der Waals surface area contributed by atoms with Crippen molar-refractivity contribution in [3.8, 4) is 11.6 Å². The topological polar surface area (TPSA) is 66.0 Å². The van der Waals surface area contributed by atoms with Gasteiger partial charge in [0, 0.05) is 24.0 Å². The highest BCUT2D eigenvalue weighted by atomic mass is 16.5. The standard InChI is InChI=1S/C16H18N4O/c1-11(2)20-10-13(9-18-20)21-16-7-12(8-17)14-5-3-4-6-15(14)19-16/h3-7,9-11H,8,17H2,1-2H3. The Kier molecular flexibility index (Phi) is 3.58. The van der Waals surface area contributed by atoms with Crippen LogP contribution in [0.4, 0.5) is 0 Å². The molecule has 2 heterocycles. The van der Waals surface area contributed by atoms with Crippen molar-refractivity contribution >= 4 is 10.9 Å². The zero-order valence-corrected chi connectivity index (χ0v) is 12.2. The van der Waals surface area contributed by atoms with Crippen molar-refractivity contribution in [1.82, 2.24) is 14.8 Å². The maximum atomic E-state index is 5.82. The van der Waals surface area contributed by atoms with Crippen LogP contribution in [0.2, 0.25) is 0 Å². The number of fused-ring (bicyclic) bond motifs is 1. The Morgan fingerprint density at radius 3 is 2.81 bits per heavy atom. The molecule has 3 rings (SSSR count). The van der Waals surface area contributed by atoms with Crippen LogP contribution in [-0.2, 0) is 6.54 Å². The normalized spacial score (nSPS) is 11.2. The third kappa shape index (κ3) is 2.73. The molecule has 5 nitrogen and oxygen atoms in total. The van der Waals surface area contributed by atoms with E-state index >= 15 is 0 Å². The number of ether oxygens (including phenoxy) is 1. The second kappa shape index (κ2) is 5.54. The summed E-state index contributed by atoms with van der Waals surface area (Å²) in [7, 11) is 0. The van der Waals surface area contributed by atoms with Crippen LogP contribution >= 0.6 is 0 Å². The highest BCUT2D eigenvalue weighted by Gasteiger charge is 2.08. The van der Waals surface area contributed by atoms with Crippen LogP contribution in [0.1, 0.15) is 25.5 Å². The summed E-state index contributed by atoms with van der Waals surface area (Å²) in [5.74, 6) is 1.21. The summed E-state index contributed by atoms with van der Waals surface area (Å²) in [4.78, 5) is 4.52. The molecule has 3 aromatic rings. The summed E-state index contributed by atoms with van der Waals surface area (Å²) in [6, 6.07) is 10.1. The third-order valence-corrected chi connectivity index (χ3v) is 3.33. The van der Waals surface area contributed by atoms with E-state index in [2.05, 4.69) is 23.9 Å². The molecule has 0 aliphatic heterocycles. The van der Waals surface area contributed by atoms with Gasteiger partial charge in [0.05, 0.1) is 17.9 Å². The van der Waals surface area contributed by atoms with E-state index in [1.807, 2.05) is 41.2 Å². The van der Waals surface area contributed by atoms with Gasteiger partial charge in [0.1, 0.15) is 0 Å². The van der Waals surface area contributed by atoms with Gasteiger partial charge in [-0.25, -0.2) is 4.98 Å². The average molecular weight is 282 g/mol. The molecule has 0 atom stereocenters. The Bertz CT molecular complexity index is 764. The zero-order valence-electron chi connectivity index (χ0n) is 12.2. The summed E-state index contributed by atoms with van der Waals surface area (Å²) in [6.07, 6.45) is 3.56. The quantitative estimate of drug-likeness (QED) is 0.797. The van der Waals surface area contributed by atoms with Crippen molar-refractivity contribution in [2.45, 2.75) is 26.4 Å². The number of rotatable bonds is 4. The Morgan fingerprint density at radius 1 is 1.29 bits per heavy atom. The fraction of sp³-hybridized carbons (Fsp3) is 0.250. The number of hydrogen-bond donors (Lipinski definition) is 1. The first-order valence-electron chi connectivity index (χ1n) is 6.98. The second-order valence-corrected chi connectivity index (χ2v) is 5.19. The van der Waals surface area contributed by atoms with Crippen molar-refractivity contribution < 1.29 is 4.74 Å². The van der Waals surface area contributed by atoms with Crippen molar-refractivity contribution in [2.75, 3.05) is 0 Å². The predicted molar refractivity (Wildman–Crippen MR) is 82.3 cm³/mol. The van der Waals surface area contributed by atoms with E-state index in [-0.39, 0.29) is 0 Å². The Labute approximate surface area is 123 Å². The number of pyridine rings is 1. The Balaban J connectivity index is 1.96. The van der Waals surface area contributed by atoms with Gasteiger partial charge >= 0.3 is 0 Å². The fourth-order valence-electron chi connectivity index (χ4n) is 2.22. The maximum absolute atomic E-state index is 5.82. The molecule has 0 saturated carbocycles. The summed E-state index contributed by atoms with van der Waals surface area (Å²) in [5.41, 5.74) is 7.72. The summed E-state index contributed by atoms with van der Waals surface area (Å²) >= 11 is 0. The number of aromatic nitrogens is 3. The lowest BCUT2D eigenvalue weighted by Crippen LogP contribution is -2.00. The Morgan fingerprint density at radius 2 is 2.10 bits per heavy atom. The highest BCUT2D eigenvalue weighted by molar-refractivity contribution is 5.82. The summed E-state index contributed by atoms with van der Waals surface area (Å²) in [6.45, 7) is 4.58. The molecule has 108 valence electrons. The van der Waals surface area contributed by atoms with Gasteiger partial charge in [-0.05, 0) is 25.5 Å². The molecule has 0 unspecified atom stereocenters. The van der Waals surface area contributed by atoms with Gasteiger partial charge in [-0.2, -0.15) is 5.10 Å². The third-order valence-electron chi connectivity index (χ3n) is 3.33. The molecule has 0 aliphatic rings. The highest BCUT2D eigenvalue weighted by Crippen LogP contribution is 2.25. The van der Waals surface area contributed by atoms with Gasteiger partial charge < -0.3 is 10.5 Å². The second-order valence-electron chi connectivity index (χ2n) is 5.19. The van der Waals surface area contributed by atoms with E-state index in [1.165, 1.54) is 0 Å². The molecule has 0 saturated heterocycles. The first-order valence-corrected chi connectivity index (χ1v) is 6.98. The van der Waals surface area contributed by atoms with E-state index < -0.39 is 0 Å². The van der Waals surface area contributed by atoms with Crippen LogP contribution in [0.15, 0.2) is 42.7 Å². The molecule has 0 aliphatic carbocycles. The lowest BCUT2D eigenvalue weighted by molar-refractivity contribution is 0.460. The maximum Gasteiger partial charge on any atom is 0.220 e. The van der Waals surface area contributed by atoms with Crippen LogP contribution in [0.5, 0.6) is 11.6 Å². The number of para-hydroxylation sites is 1. The average Bonchev–Trinajstić information content (AvgIpc) is 2.95. The molecule has 0 radical (unpaired) electrons. The first kappa shape index (κ1) is 13.6. The number of nitrogens with two attached hydrogens (primary N) is 1. The van der Waals surface area contributed by atoms with Gasteiger partial charge in [0.2, 0.25) is 5.88 Å². The van der Waals surface area contributed by atoms with E-state index in [1.54, 1.807) is 6.20 Å². The van der Waals surface area contributed by atoms with E-state index in [4.69, 9.17) is 10.5 Å². The molecule has 0 spiro atoms. The number of hydrogen-bond acceptors (Lipinski definition) is 4. The van der Waals surface area contributed by atoms with Crippen molar-refractivity contribution in [3.05, 3.63) is 48.3 Å². The molecule has 0 bridgehead atoms. The molecule has 0 fully saturated rings. The molecule has 5 heteroatoms. The largest absolute Gasteiger partial charge is 0.436 e. The van der Waals surface area contributed by atoms with Crippen LogP contribution < -0.4 is 10.5 Å². The minimum Gasteiger partial charge on any atom is -0.436 e. The van der Waals surface area contributed by atoms with E-state index in [0.717, 1.165) is 16.5 Å². The minimum absolute atomic E-state index is 0.298. The molecule has 2 N–H and O–H groups in total. The van der Waals surface area contributed by atoms with Crippen LogP contribution in [-0.4, -0.2) is 14.8 Å². The van der Waals surface area contributed by atoms with Gasteiger partial charge in [-0.3, -0.25) is 4.68 Å². The van der Waals surface area contributed by atoms with Gasteiger partial charge in [-0.1, -0.05) is 18.2 Å². The smallest absolute Gasteiger partial charge is 0.220 e. The summed E-state index contributed by atoms with van der Waals surface area (Å²) < 4.78 is 7.66. The van der Waals surface area contributed by atoms with Crippen molar-refractivity contribution in [2.24, 2.45) is 5.73 Å². The lowest BCUT2D eigenvalue weighted by atomic mass is 10.1. The number of nitrogens with zero attached hydrogens (tertiary/aromatic N) is 3. The van der Waals surface area contributed by atoms with E-state index in [0.29, 0.717) is 24.2 Å².